The quantitative estimate of drug-likeness (QED) is 0.854. The van der Waals surface area contributed by atoms with E-state index in [1.54, 1.807) is 24.3 Å². The molecule has 1 aliphatic rings. The Morgan fingerprint density at radius 2 is 2.05 bits per heavy atom. The largest absolute Gasteiger partial charge is 0.493 e. The van der Waals surface area contributed by atoms with Crippen LogP contribution in [0.5, 0.6) is 11.5 Å². The van der Waals surface area contributed by atoms with Crippen LogP contribution < -0.4 is 9.47 Å². The molecule has 116 valence electrons. The normalized spacial score (nSPS) is 18.7. The third-order valence-corrected chi connectivity index (χ3v) is 4.14. The summed E-state index contributed by atoms with van der Waals surface area (Å²) in [5.41, 5.74) is 0. The van der Waals surface area contributed by atoms with Crippen LogP contribution in [-0.2, 0) is 4.79 Å². The minimum atomic E-state index is -4.85. The molecule has 21 heavy (non-hydrogen) atoms. The van der Waals surface area contributed by atoms with Gasteiger partial charge in [-0.25, -0.2) is 0 Å². The lowest BCUT2D eigenvalue weighted by Crippen LogP contribution is -2.45. The monoisotopic (exact) mass is 321 g/mol. The van der Waals surface area contributed by atoms with Crippen molar-refractivity contribution >= 4 is 17.7 Å². The first-order chi connectivity index (χ1) is 9.93. The van der Waals surface area contributed by atoms with Crippen molar-refractivity contribution < 1.29 is 27.4 Å². The predicted octanol–water partition coefficient (Wildman–Crippen LogP) is 2.54. The Bertz CT molecular complexity index is 510. The van der Waals surface area contributed by atoms with Crippen molar-refractivity contribution in [1.29, 1.82) is 0 Å². The van der Waals surface area contributed by atoms with Crippen LogP contribution in [0.3, 0.4) is 0 Å². The van der Waals surface area contributed by atoms with Crippen LogP contribution in [0.2, 0.25) is 0 Å². The first-order valence-electron chi connectivity index (χ1n) is 6.18. The van der Waals surface area contributed by atoms with E-state index in [0.29, 0.717) is 17.3 Å². The second-order valence-corrected chi connectivity index (χ2v) is 5.57. The Labute approximate surface area is 124 Å². The number of carbonyl (C=O) groups excluding carboxylic acids is 1. The summed E-state index contributed by atoms with van der Waals surface area (Å²) in [4.78, 5) is 12.1. The minimum Gasteiger partial charge on any atom is -0.493 e. The minimum absolute atomic E-state index is 0.0210. The highest BCUT2D eigenvalue weighted by atomic mass is 32.2. The maximum atomic E-state index is 12.5. The van der Waals surface area contributed by atoms with E-state index < -0.39 is 17.5 Å². The highest BCUT2D eigenvalue weighted by Crippen LogP contribution is 2.31. The van der Waals surface area contributed by atoms with Crippen LogP contribution in [-0.4, -0.2) is 48.4 Å². The number of alkyl halides is 3. The van der Waals surface area contributed by atoms with Gasteiger partial charge >= 0.3 is 12.1 Å². The Hall–Kier alpha value is -1.57. The molecule has 8 heteroatoms. The number of amides is 1. The van der Waals surface area contributed by atoms with Crippen molar-refractivity contribution in [2.45, 2.75) is 11.6 Å². The molecule has 0 N–H and O–H groups in total. The molecule has 1 aromatic carbocycles. The summed E-state index contributed by atoms with van der Waals surface area (Å²) in [6.45, 7) is 0.0514. The first-order valence-corrected chi connectivity index (χ1v) is 7.23. The molecule has 0 saturated carbocycles. The predicted molar refractivity (Wildman–Crippen MR) is 72.5 cm³/mol. The molecule has 4 nitrogen and oxygen atoms in total. The molecule has 1 amide bonds. The van der Waals surface area contributed by atoms with Gasteiger partial charge in [-0.1, -0.05) is 12.1 Å². The van der Waals surface area contributed by atoms with E-state index in [4.69, 9.17) is 9.47 Å². The van der Waals surface area contributed by atoms with Crippen molar-refractivity contribution in [2.24, 2.45) is 0 Å². The highest BCUT2D eigenvalue weighted by Gasteiger charge is 2.46. The van der Waals surface area contributed by atoms with Crippen LogP contribution in [0.4, 0.5) is 13.2 Å². The van der Waals surface area contributed by atoms with Gasteiger partial charge in [0.25, 0.3) is 0 Å². The van der Waals surface area contributed by atoms with Gasteiger partial charge in [-0.05, 0) is 12.1 Å². The van der Waals surface area contributed by atoms with Crippen LogP contribution in [0.15, 0.2) is 24.3 Å². The van der Waals surface area contributed by atoms with Gasteiger partial charge in [0.15, 0.2) is 11.5 Å². The Morgan fingerprint density at radius 1 is 1.38 bits per heavy atom. The van der Waals surface area contributed by atoms with Crippen LogP contribution in [0.25, 0.3) is 0 Å². The summed E-state index contributed by atoms with van der Waals surface area (Å²) in [5, 5.41) is -0.649. The molecule has 1 unspecified atom stereocenters. The number of methoxy groups -OCH3 is 1. The van der Waals surface area contributed by atoms with E-state index in [1.807, 2.05) is 0 Å². The van der Waals surface area contributed by atoms with Crippen LogP contribution >= 0.6 is 11.8 Å². The second-order valence-electron chi connectivity index (χ2n) is 4.28. The van der Waals surface area contributed by atoms with Gasteiger partial charge < -0.3 is 14.4 Å². The van der Waals surface area contributed by atoms with Gasteiger partial charge in [0.2, 0.25) is 0 Å². The van der Waals surface area contributed by atoms with Gasteiger partial charge in [0.05, 0.1) is 7.11 Å². The second kappa shape index (κ2) is 6.46. The summed E-state index contributed by atoms with van der Waals surface area (Å²) in [7, 11) is 1.48. The van der Waals surface area contributed by atoms with E-state index in [-0.39, 0.29) is 13.2 Å². The topological polar surface area (TPSA) is 38.8 Å². The summed E-state index contributed by atoms with van der Waals surface area (Å²) in [5.74, 6) is -0.427. The van der Waals surface area contributed by atoms with Gasteiger partial charge in [0.1, 0.15) is 12.0 Å². The fourth-order valence-electron chi connectivity index (χ4n) is 1.95. The molecule has 0 spiro atoms. The number of nitrogens with zero attached hydrogens (tertiary/aromatic N) is 1. The number of halogens is 3. The number of thioether (sulfide) groups is 1. The van der Waals surface area contributed by atoms with E-state index in [9.17, 15) is 18.0 Å². The van der Waals surface area contributed by atoms with E-state index >= 15 is 0 Å². The molecule has 2 rings (SSSR count). The van der Waals surface area contributed by atoms with Crippen molar-refractivity contribution in [3.05, 3.63) is 24.3 Å². The third-order valence-electron chi connectivity index (χ3n) is 2.94. The summed E-state index contributed by atoms with van der Waals surface area (Å²) < 4.78 is 48.1. The lowest BCUT2D eigenvalue weighted by atomic mass is 10.3. The number of rotatable bonds is 4. The third kappa shape index (κ3) is 3.75. The fraction of sp³-hybridized carbons (Fsp3) is 0.462. The van der Waals surface area contributed by atoms with Gasteiger partial charge in [-0.3, -0.25) is 4.79 Å². The van der Waals surface area contributed by atoms with E-state index in [1.165, 1.54) is 18.9 Å². The Kier molecular flexibility index (Phi) is 4.87. The molecule has 1 heterocycles. The number of hydrogen-bond acceptors (Lipinski definition) is 4. The van der Waals surface area contributed by atoms with Gasteiger partial charge in [0, 0.05) is 12.3 Å². The maximum absolute atomic E-state index is 12.5. The fourth-order valence-corrected chi connectivity index (χ4v) is 3.07. The molecule has 1 saturated heterocycles. The van der Waals surface area contributed by atoms with Crippen molar-refractivity contribution in [1.82, 2.24) is 4.90 Å². The van der Waals surface area contributed by atoms with Gasteiger partial charge in [-0.2, -0.15) is 13.2 Å². The van der Waals surface area contributed by atoms with Crippen molar-refractivity contribution in [2.75, 3.05) is 26.0 Å². The molecule has 0 radical (unpaired) electrons. The SMILES string of the molecule is COc1ccccc1OCC1SCCN1C(=O)C(F)(F)F. The number of hydrogen-bond donors (Lipinski definition) is 0. The van der Waals surface area contributed by atoms with Crippen LogP contribution in [0.1, 0.15) is 0 Å². The lowest BCUT2D eigenvalue weighted by Gasteiger charge is -2.24. The number of benzene rings is 1. The average Bonchev–Trinajstić information content (AvgIpc) is 2.91. The zero-order valence-corrected chi connectivity index (χ0v) is 12.0. The number of para-hydroxylation sites is 2. The summed E-state index contributed by atoms with van der Waals surface area (Å²) in [6, 6.07) is 6.85. The lowest BCUT2D eigenvalue weighted by molar-refractivity contribution is -0.185. The number of carbonyl (C=O) groups is 1. The molecule has 0 bridgehead atoms. The molecule has 0 aromatic heterocycles. The molecular formula is C13H14F3NO3S. The van der Waals surface area contributed by atoms with Crippen molar-refractivity contribution in [3.8, 4) is 11.5 Å². The summed E-state index contributed by atoms with van der Waals surface area (Å²) in [6.07, 6.45) is -4.85. The molecule has 1 atom stereocenters. The summed E-state index contributed by atoms with van der Waals surface area (Å²) >= 11 is 1.27. The zero-order valence-electron chi connectivity index (χ0n) is 11.2. The first kappa shape index (κ1) is 15.8. The molecule has 1 fully saturated rings. The van der Waals surface area contributed by atoms with E-state index in [0.717, 1.165) is 4.90 Å². The van der Waals surface area contributed by atoms with Gasteiger partial charge in [-0.15, -0.1) is 11.8 Å². The van der Waals surface area contributed by atoms with Crippen molar-refractivity contribution in [3.63, 3.8) is 0 Å². The molecular weight excluding hydrogens is 307 g/mol. The Morgan fingerprint density at radius 3 is 2.67 bits per heavy atom. The smallest absolute Gasteiger partial charge is 0.471 e. The maximum Gasteiger partial charge on any atom is 0.471 e. The van der Waals surface area contributed by atoms with E-state index in [2.05, 4.69) is 0 Å². The molecule has 1 aliphatic heterocycles. The number of ether oxygens (including phenoxy) is 2. The Balaban J connectivity index is 2.00. The average molecular weight is 321 g/mol. The molecule has 0 aliphatic carbocycles. The highest BCUT2D eigenvalue weighted by molar-refractivity contribution is 8.00. The molecule has 1 aromatic rings. The zero-order chi connectivity index (χ0) is 15.5. The van der Waals surface area contributed by atoms with Crippen LogP contribution in [0, 0.1) is 0 Å². The standard InChI is InChI=1S/C13H14F3NO3S/c1-19-9-4-2-3-5-10(9)20-8-11-17(6-7-21-11)12(18)13(14,15)16/h2-5,11H,6-8H2,1H3.